The predicted molar refractivity (Wildman–Crippen MR) is 113 cm³/mol. The molecule has 30 heavy (non-hydrogen) atoms. The second-order valence-corrected chi connectivity index (χ2v) is 7.76. The van der Waals surface area contributed by atoms with Gasteiger partial charge in [0.25, 0.3) is 5.91 Å². The molecular weight excluding hydrogens is 385 g/mol. The van der Waals surface area contributed by atoms with Crippen molar-refractivity contribution < 1.29 is 18.7 Å². The number of rotatable bonds is 7. The molecule has 0 aromatic heterocycles. The molecule has 0 saturated carbocycles. The molecule has 1 fully saturated rings. The van der Waals surface area contributed by atoms with Crippen molar-refractivity contribution in [3.8, 4) is 5.75 Å². The van der Waals surface area contributed by atoms with E-state index < -0.39 is 0 Å². The molecule has 1 aliphatic rings. The molecule has 7 heteroatoms. The van der Waals surface area contributed by atoms with E-state index in [2.05, 4.69) is 22.3 Å². The van der Waals surface area contributed by atoms with Crippen LogP contribution in [0.2, 0.25) is 0 Å². The molecular formula is C23H28FN3O3. The van der Waals surface area contributed by atoms with Gasteiger partial charge in [0, 0.05) is 32.7 Å². The summed E-state index contributed by atoms with van der Waals surface area (Å²) in [4.78, 5) is 28.6. The monoisotopic (exact) mass is 413 g/mol. The van der Waals surface area contributed by atoms with Crippen LogP contribution < -0.4 is 10.1 Å². The number of nitrogens with zero attached hydrogens (tertiary/aromatic N) is 2. The second kappa shape index (κ2) is 9.71. The van der Waals surface area contributed by atoms with Gasteiger partial charge in [-0.1, -0.05) is 29.8 Å². The average Bonchev–Trinajstić information content (AvgIpc) is 2.72. The molecule has 0 bridgehead atoms. The third-order valence-corrected chi connectivity index (χ3v) is 5.35. The smallest absolute Gasteiger partial charge is 0.257 e. The lowest BCUT2D eigenvalue weighted by atomic mass is 10.0. The normalized spacial score (nSPS) is 19.6. The first-order valence-corrected chi connectivity index (χ1v) is 10.0. The zero-order chi connectivity index (χ0) is 21.7. The molecule has 6 nitrogen and oxygen atoms in total. The average molecular weight is 413 g/mol. The number of aryl methyl sites for hydroxylation is 1. The molecule has 2 amide bonds. The van der Waals surface area contributed by atoms with Crippen molar-refractivity contribution in [2.24, 2.45) is 0 Å². The molecule has 0 spiro atoms. The van der Waals surface area contributed by atoms with E-state index >= 15 is 0 Å². The van der Waals surface area contributed by atoms with E-state index in [9.17, 15) is 14.0 Å². The number of benzene rings is 2. The van der Waals surface area contributed by atoms with Gasteiger partial charge in [-0.05, 0) is 43.7 Å². The van der Waals surface area contributed by atoms with E-state index in [-0.39, 0.29) is 36.3 Å². The molecule has 160 valence electrons. The van der Waals surface area contributed by atoms with Crippen molar-refractivity contribution in [2.45, 2.75) is 32.5 Å². The van der Waals surface area contributed by atoms with Gasteiger partial charge in [0.15, 0.2) is 6.61 Å². The Bertz CT molecular complexity index is 888. The number of carbonyl (C=O) groups excluding carboxylic acids is 2. The standard InChI is InChI=1S/C23H28FN3O3/c1-16-5-4-6-18(11-16)13-27-17(2)23(29)26(3)14-20(27)12-25-22(28)15-30-21-9-7-19(24)8-10-21/h4-11,17,20H,12-15H2,1-3H3,(H,25,28)/t17-,20+/m0/s1. The summed E-state index contributed by atoms with van der Waals surface area (Å²) in [5, 5.41) is 2.90. The van der Waals surface area contributed by atoms with Crippen LogP contribution in [-0.2, 0) is 16.1 Å². The van der Waals surface area contributed by atoms with Crippen LogP contribution in [0.3, 0.4) is 0 Å². The van der Waals surface area contributed by atoms with Crippen LogP contribution in [0.5, 0.6) is 5.75 Å². The molecule has 1 N–H and O–H groups in total. The lowest BCUT2D eigenvalue weighted by Crippen LogP contribution is -2.62. The Balaban J connectivity index is 1.60. The Morgan fingerprint density at radius 3 is 2.67 bits per heavy atom. The lowest BCUT2D eigenvalue weighted by molar-refractivity contribution is -0.143. The fourth-order valence-electron chi connectivity index (χ4n) is 3.72. The van der Waals surface area contributed by atoms with Gasteiger partial charge >= 0.3 is 0 Å². The van der Waals surface area contributed by atoms with Crippen LogP contribution in [-0.4, -0.2) is 60.4 Å². The van der Waals surface area contributed by atoms with Crippen LogP contribution in [0.4, 0.5) is 4.39 Å². The Hall–Kier alpha value is -2.93. The number of likely N-dealkylation sites (N-methyl/N-ethyl adjacent to an activating group) is 1. The van der Waals surface area contributed by atoms with Gasteiger partial charge in [-0.15, -0.1) is 0 Å². The zero-order valence-electron chi connectivity index (χ0n) is 17.6. The minimum atomic E-state index is -0.356. The summed E-state index contributed by atoms with van der Waals surface area (Å²) >= 11 is 0. The summed E-state index contributed by atoms with van der Waals surface area (Å²) in [6, 6.07) is 13.5. The first kappa shape index (κ1) is 21.8. The first-order valence-electron chi connectivity index (χ1n) is 10.0. The zero-order valence-corrected chi connectivity index (χ0v) is 17.6. The highest BCUT2D eigenvalue weighted by molar-refractivity contribution is 5.82. The summed E-state index contributed by atoms with van der Waals surface area (Å²) in [6.45, 7) is 5.37. The Labute approximate surface area is 176 Å². The molecule has 0 aliphatic carbocycles. The molecule has 1 heterocycles. The first-order chi connectivity index (χ1) is 14.3. The van der Waals surface area contributed by atoms with Crippen LogP contribution in [0.1, 0.15) is 18.1 Å². The molecule has 3 rings (SSSR count). The minimum Gasteiger partial charge on any atom is -0.484 e. The van der Waals surface area contributed by atoms with Gasteiger partial charge in [0.05, 0.1) is 6.04 Å². The summed E-state index contributed by atoms with van der Waals surface area (Å²) in [5.41, 5.74) is 2.30. The van der Waals surface area contributed by atoms with Gasteiger partial charge in [-0.3, -0.25) is 14.5 Å². The number of nitrogens with one attached hydrogen (secondary N) is 1. The van der Waals surface area contributed by atoms with E-state index in [0.29, 0.717) is 25.4 Å². The van der Waals surface area contributed by atoms with Crippen molar-refractivity contribution >= 4 is 11.8 Å². The SMILES string of the molecule is Cc1cccc(CN2[C@H](CNC(=O)COc3ccc(F)cc3)CN(C)C(=O)[C@@H]2C)c1. The maximum Gasteiger partial charge on any atom is 0.257 e. The maximum absolute atomic E-state index is 13.0. The molecule has 1 aliphatic heterocycles. The number of hydrogen-bond acceptors (Lipinski definition) is 4. The van der Waals surface area contributed by atoms with Gasteiger partial charge in [-0.2, -0.15) is 0 Å². The van der Waals surface area contributed by atoms with Crippen molar-refractivity contribution in [1.82, 2.24) is 15.1 Å². The summed E-state index contributed by atoms with van der Waals surface area (Å²) in [7, 11) is 1.79. The van der Waals surface area contributed by atoms with E-state index in [1.54, 1.807) is 11.9 Å². The third-order valence-electron chi connectivity index (χ3n) is 5.35. The van der Waals surface area contributed by atoms with E-state index in [1.807, 2.05) is 26.0 Å². The number of hydrogen-bond donors (Lipinski definition) is 1. The molecule has 0 unspecified atom stereocenters. The predicted octanol–water partition coefficient (Wildman–Crippen LogP) is 2.36. The molecule has 1 saturated heterocycles. The molecule has 2 aromatic rings. The topological polar surface area (TPSA) is 61.9 Å². The fourth-order valence-corrected chi connectivity index (χ4v) is 3.72. The highest BCUT2D eigenvalue weighted by atomic mass is 19.1. The number of ether oxygens (including phenoxy) is 1. The third kappa shape index (κ3) is 5.57. The fraction of sp³-hybridized carbons (Fsp3) is 0.391. The lowest BCUT2D eigenvalue weighted by Gasteiger charge is -2.44. The minimum absolute atomic E-state index is 0.0158. The van der Waals surface area contributed by atoms with E-state index in [1.165, 1.54) is 29.8 Å². The summed E-state index contributed by atoms with van der Waals surface area (Å²) in [6.07, 6.45) is 0. The van der Waals surface area contributed by atoms with Crippen molar-refractivity contribution in [2.75, 3.05) is 26.7 Å². The molecule has 2 aromatic carbocycles. The highest BCUT2D eigenvalue weighted by Crippen LogP contribution is 2.20. The van der Waals surface area contributed by atoms with Crippen molar-refractivity contribution in [1.29, 1.82) is 0 Å². The maximum atomic E-state index is 13.0. The van der Waals surface area contributed by atoms with Crippen LogP contribution in [0, 0.1) is 12.7 Å². The van der Waals surface area contributed by atoms with Gasteiger partial charge in [-0.25, -0.2) is 4.39 Å². The Morgan fingerprint density at radius 1 is 1.23 bits per heavy atom. The van der Waals surface area contributed by atoms with Gasteiger partial charge < -0.3 is 15.0 Å². The number of carbonyl (C=O) groups is 2. The summed E-state index contributed by atoms with van der Waals surface area (Å²) < 4.78 is 18.4. The highest BCUT2D eigenvalue weighted by Gasteiger charge is 2.36. The van der Waals surface area contributed by atoms with Gasteiger partial charge in [0.2, 0.25) is 5.91 Å². The number of amides is 2. The largest absolute Gasteiger partial charge is 0.484 e. The van der Waals surface area contributed by atoms with Gasteiger partial charge in [0.1, 0.15) is 11.6 Å². The quantitative estimate of drug-likeness (QED) is 0.757. The van der Waals surface area contributed by atoms with Crippen LogP contribution >= 0.6 is 0 Å². The van der Waals surface area contributed by atoms with Crippen molar-refractivity contribution in [3.05, 3.63) is 65.5 Å². The van der Waals surface area contributed by atoms with Crippen molar-refractivity contribution in [3.63, 3.8) is 0 Å². The number of halogens is 1. The Morgan fingerprint density at radius 2 is 1.97 bits per heavy atom. The van der Waals surface area contributed by atoms with E-state index in [4.69, 9.17) is 4.74 Å². The molecule has 2 atom stereocenters. The van der Waals surface area contributed by atoms with Crippen LogP contribution in [0.25, 0.3) is 0 Å². The van der Waals surface area contributed by atoms with Crippen LogP contribution in [0.15, 0.2) is 48.5 Å². The number of piperazine rings is 1. The summed E-state index contributed by atoms with van der Waals surface area (Å²) in [5.74, 6) is -0.109. The second-order valence-electron chi connectivity index (χ2n) is 7.76. The Kier molecular flexibility index (Phi) is 7.05. The molecule has 0 radical (unpaired) electrons. The van der Waals surface area contributed by atoms with E-state index in [0.717, 1.165) is 5.56 Å².